The third kappa shape index (κ3) is 3.54. The zero-order chi connectivity index (χ0) is 19.7. The average Bonchev–Trinajstić information content (AvgIpc) is 3.05. The van der Waals surface area contributed by atoms with Crippen molar-refractivity contribution in [2.45, 2.75) is 46.1 Å². The number of fused-ring (bicyclic) bond motifs is 3. The van der Waals surface area contributed by atoms with Gasteiger partial charge in [0.2, 0.25) is 5.91 Å². The SMILES string of the molecule is CCOc1ccc(NC(=O)Cn2c(C)nc3sc4c(c3c2=O)CCCC4)cc1. The highest BCUT2D eigenvalue weighted by Gasteiger charge is 2.21. The summed E-state index contributed by atoms with van der Waals surface area (Å²) >= 11 is 1.63. The minimum atomic E-state index is -0.250. The van der Waals surface area contributed by atoms with Crippen LogP contribution >= 0.6 is 11.3 Å². The Bertz CT molecular complexity index is 1080. The molecule has 0 unspecified atom stereocenters. The van der Waals surface area contributed by atoms with Crippen molar-refractivity contribution < 1.29 is 9.53 Å². The Morgan fingerprint density at radius 1 is 1.25 bits per heavy atom. The van der Waals surface area contributed by atoms with Crippen molar-refractivity contribution in [3.8, 4) is 5.75 Å². The van der Waals surface area contributed by atoms with Crippen LogP contribution in [0.25, 0.3) is 10.2 Å². The number of nitrogens with zero attached hydrogens (tertiary/aromatic N) is 2. The van der Waals surface area contributed by atoms with E-state index in [1.165, 1.54) is 9.44 Å². The van der Waals surface area contributed by atoms with Crippen molar-refractivity contribution in [2.24, 2.45) is 0 Å². The van der Waals surface area contributed by atoms with Crippen LogP contribution in [0.5, 0.6) is 5.75 Å². The summed E-state index contributed by atoms with van der Waals surface area (Å²) in [6.45, 7) is 4.25. The summed E-state index contributed by atoms with van der Waals surface area (Å²) in [5.41, 5.74) is 1.70. The normalized spacial score (nSPS) is 13.4. The number of aryl methyl sites for hydroxylation is 3. The lowest BCUT2D eigenvalue weighted by atomic mass is 9.97. The van der Waals surface area contributed by atoms with Crippen LogP contribution in [0.1, 0.15) is 36.0 Å². The van der Waals surface area contributed by atoms with E-state index in [2.05, 4.69) is 10.3 Å². The van der Waals surface area contributed by atoms with E-state index < -0.39 is 0 Å². The van der Waals surface area contributed by atoms with Gasteiger partial charge in [-0.1, -0.05) is 0 Å². The molecule has 1 aromatic carbocycles. The van der Waals surface area contributed by atoms with Gasteiger partial charge in [0, 0.05) is 10.6 Å². The second-order valence-corrected chi connectivity index (χ2v) is 8.03. The van der Waals surface area contributed by atoms with Gasteiger partial charge in [-0.25, -0.2) is 4.98 Å². The van der Waals surface area contributed by atoms with Crippen LogP contribution in [0.4, 0.5) is 5.69 Å². The molecule has 2 aromatic heterocycles. The standard InChI is InChI=1S/C21H23N3O3S/c1-3-27-15-10-8-14(9-11-15)23-18(25)12-24-13(2)22-20-19(21(24)26)16-6-4-5-7-17(16)28-20/h8-11H,3-7,12H2,1-2H3,(H,23,25). The zero-order valence-corrected chi connectivity index (χ0v) is 16.9. The fourth-order valence-corrected chi connectivity index (χ4v) is 4.97. The Morgan fingerprint density at radius 2 is 2.00 bits per heavy atom. The third-order valence-corrected chi connectivity index (χ3v) is 6.20. The molecule has 0 bridgehead atoms. The molecule has 1 aliphatic rings. The van der Waals surface area contributed by atoms with E-state index in [-0.39, 0.29) is 18.0 Å². The minimum Gasteiger partial charge on any atom is -0.494 e. The quantitative estimate of drug-likeness (QED) is 0.713. The van der Waals surface area contributed by atoms with E-state index in [0.717, 1.165) is 41.8 Å². The summed E-state index contributed by atoms with van der Waals surface area (Å²) in [5.74, 6) is 1.07. The molecule has 0 saturated heterocycles. The third-order valence-electron chi connectivity index (χ3n) is 5.02. The predicted octanol–water partition coefficient (Wildman–Crippen LogP) is 3.68. The lowest BCUT2D eigenvalue weighted by Crippen LogP contribution is -2.30. The summed E-state index contributed by atoms with van der Waals surface area (Å²) in [6, 6.07) is 7.19. The summed E-state index contributed by atoms with van der Waals surface area (Å²) in [6.07, 6.45) is 4.21. The first-order chi connectivity index (χ1) is 13.6. The van der Waals surface area contributed by atoms with Gasteiger partial charge in [-0.3, -0.25) is 14.2 Å². The second kappa shape index (κ2) is 7.75. The number of anilines is 1. The van der Waals surface area contributed by atoms with Gasteiger partial charge in [0.1, 0.15) is 22.9 Å². The molecule has 146 valence electrons. The van der Waals surface area contributed by atoms with Crippen LogP contribution < -0.4 is 15.6 Å². The van der Waals surface area contributed by atoms with E-state index >= 15 is 0 Å². The molecule has 0 atom stereocenters. The maximum absolute atomic E-state index is 13.1. The van der Waals surface area contributed by atoms with Gasteiger partial charge in [0.15, 0.2) is 0 Å². The lowest BCUT2D eigenvalue weighted by molar-refractivity contribution is -0.116. The molecule has 3 aromatic rings. The summed E-state index contributed by atoms with van der Waals surface area (Å²) in [7, 11) is 0. The van der Waals surface area contributed by atoms with E-state index in [1.54, 1.807) is 30.4 Å². The molecule has 1 N–H and O–H groups in total. The molecular weight excluding hydrogens is 374 g/mol. The molecule has 0 aliphatic heterocycles. The lowest BCUT2D eigenvalue weighted by Gasteiger charge is -2.12. The average molecular weight is 398 g/mol. The number of benzene rings is 1. The van der Waals surface area contributed by atoms with Crippen LogP contribution in [0.3, 0.4) is 0 Å². The van der Waals surface area contributed by atoms with Crippen LogP contribution in [0, 0.1) is 6.92 Å². The van der Waals surface area contributed by atoms with Gasteiger partial charge >= 0.3 is 0 Å². The number of nitrogens with one attached hydrogen (secondary N) is 1. The molecule has 6 nitrogen and oxygen atoms in total. The van der Waals surface area contributed by atoms with Crippen molar-refractivity contribution in [3.63, 3.8) is 0 Å². The fourth-order valence-electron chi connectivity index (χ4n) is 3.67. The number of ether oxygens (including phenoxy) is 1. The molecule has 0 radical (unpaired) electrons. The molecule has 4 rings (SSSR count). The van der Waals surface area contributed by atoms with Crippen molar-refractivity contribution in [2.75, 3.05) is 11.9 Å². The van der Waals surface area contributed by atoms with E-state index in [0.29, 0.717) is 23.5 Å². The Labute approximate surface area is 167 Å². The zero-order valence-electron chi connectivity index (χ0n) is 16.1. The molecule has 1 amide bonds. The van der Waals surface area contributed by atoms with Gasteiger partial charge in [0.25, 0.3) is 5.56 Å². The van der Waals surface area contributed by atoms with Gasteiger partial charge in [-0.2, -0.15) is 0 Å². The van der Waals surface area contributed by atoms with E-state index in [9.17, 15) is 9.59 Å². The van der Waals surface area contributed by atoms with E-state index in [4.69, 9.17) is 4.74 Å². The Morgan fingerprint density at radius 3 is 2.75 bits per heavy atom. The van der Waals surface area contributed by atoms with Crippen LogP contribution in [0.15, 0.2) is 29.1 Å². The number of hydrogen-bond acceptors (Lipinski definition) is 5. The number of carbonyl (C=O) groups excluding carboxylic acids is 1. The smallest absolute Gasteiger partial charge is 0.263 e. The second-order valence-electron chi connectivity index (χ2n) is 6.95. The highest BCUT2D eigenvalue weighted by Crippen LogP contribution is 2.33. The summed E-state index contributed by atoms with van der Waals surface area (Å²) < 4.78 is 6.89. The molecule has 0 fully saturated rings. The first-order valence-electron chi connectivity index (χ1n) is 9.61. The molecule has 0 saturated carbocycles. The van der Waals surface area contributed by atoms with Crippen molar-refractivity contribution >= 4 is 33.1 Å². The summed E-state index contributed by atoms with van der Waals surface area (Å²) in [5, 5.41) is 3.55. The molecule has 1 aliphatic carbocycles. The number of rotatable bonds is 5. The van der Waals surface area contributed by atoms with Gasteiger partial charge in [-0.15, -0.1) is 11.3 Å². The highest BCUT2D eigenvalue weighted by molar-refractivity contribution is 7.18. The Kier molecular flexibility index (Phi) is 5.17. The van der Waals surface area contributed by atoms with Crippen molar-refractivity contribution in [1.82, 2.24) is 9.55 Å². The van der Waals surface area contributed by atoms with Crippen molar-refractivity contribution in [3.05, 3.63) is 50.9 Å². The molecule has 7 heteroatoms. The first kappa shape index (κ1) is 18.7. The fraction of sp³-hybridized carbons (Fsp3) is 0.381. The Balaban J connectivity index is 1.58. The number of thiophene rings is 1. The molecule has 28 heavy (non-hydrogen) atoms. The van der Waals surface area contributed by atoms with E-state index in [1.807, 2.05) is 19.1 Å². The monoisotopic (exact) mass is 397 g/mol. The Hall–Kier alpha value is -2.67. The maximum atomic E-state index is 13.1. The molecular formula is C21H23N3O3S. The number of amides is 1. The van der Waals surface area contributed by atoms with Crippen LogP contribution in [-0.4, -0.2) is 22.1 Å². The molecule has 2 heterocycles. The number of carbonyl (C=O) groups is 1. The van der Waals surface area contributed by atoms with Crippen molar-refractivity contribution in [1.29, 1.82) is 0 Å². The maximum Gasteiger partial charge on any atom is 0.263 e. The highest BCUT2D eigenvalue weighted by atomic mass is 32.1. The largest absolute Gasteiger partial charge is 0.494 e. The predicted molar refractivity (Wildman–Crippen MR) is 111 cm³/mol. The van der Waals surface area contributed by atoms with Crippen LogP contribution in [-0.2, 0) is 24.2 Å². The first-order valence-corrected chi connectivity index (χ1v) is 10.4. The topological polar surface area (TPSA) is 73.2 Å². The summed E-state index contributed by atoms with van der Waals surface area (Å²) in [4.78, 5) is 32.4. The van der Waals surface area contributed by atoms with Gasteiger partial charge in [0.05, 0.1) is 12.0 Å². The number of aromatic nitrogens is 2. The molecule has 0 spiro atoms. The van der Waals surface area contributed by atoms with Crippen LogP contribution in [0.2, 0.25) is 0 Å². The minimum absolute atomic E-state index is 0.0502. The van der Waals surface area contributed by atoms with Gasteiger partial charge in [-0.05, 0) is 69.4 Å². The number of hydrogen-bond donors (Lipinski definition) is 1. The van der Waals surface area contributed by atoms with Gasteiger partial charge < -0.3 is 10.1 Å².